The van der Waals surface area contributed by atoms with Gasteiger partial charge in [-0.2, -0.15) is 0 Å². The van der Waals surface area contributed by atoms with Crippen LogP contribution in [0.15, 0.2) is 4.90 Å². The molecule has 2 heterocycles. The predicted molar refractivity (Wildman–Crippen MR) is 82.5 cm³/mol. The van der Waals surface area contributed by atoms with Crippen molar-refractivity contribution in [2.45, 2.75) is 25.2 Å². The van der Waals surface area contributed by atoms with Gasteiger partial charge in [0.05, 0.1) is 17.7 Å². The van der Waals surface area contributed by atoms with Crippen LogP contribution in [0, 0.1) is 5.41 Å². The summed E-state index contributed by atoms with van der Waals surface area (Å²) in [6.45, 7) is 6.55. The molecular formula is C13H20N2O2S2. The van der Waals surface area contributed by atoms with Crippen molar-refractivity contribution in [1.29, 1.82) is 0 Å². The van der Waals surface area contributed by atoms with E-state index < -0.39 is 0 Å². The molecule has 0 radical (unpaired) electrons. The van der Waals surface area contributed by atoms with Gasteiger partial charge in [0.15, 0.2) is 0 Å². The number of thiophene rings is 1. The minimum absolute atomic E-state index is 0.319. The topological polar surface area (TPSA) is 55.6 Å². The molecule has 4 nitrogen and oxygen atoms in total. The number of carbonyl (C=O) groups is 1. The van der Waals surface area contributed by atoms with E-state index in [4.69, 9.17) is 10.5 Å². The molecule has 0 aromatic carbocycles. The normalized spacial score (nSPS) is 17.8. The van der Waals surface area contributed by atoms with Crippen molar-refractivity contribution in [3.05, 3.63) is 4.88 Å². The predicted octanol–water partition coefficient (Wildman–Crippen LogP) is 3.08. The first-order valence-corrected chi connectivity index (χ1v) is 8.23. The van der Waals surface area contributed by atoms with Gasteiger partial charge >= 0.3 is 5.97 Å². The second-order valence-corrected chi connectivity index (χ2v) is 7.33. The average Bonchev–Trinajstić information content (AvgIpc) is 2.88. The van der Waals surface area contributed by atoms with E-state index in [2.05, 4.69) is 18.7 Å². The molecule has 1 saturated heterocycles. The fraction of sp³-hybridized carbons (Fsp3) is 0.615. The number of anilines is 2. The van der Waals surface area contributed by atoms with Gasteiger partial charge in [-0.05, 0) is 18.1 Å². The molecule has 1 aromatic rings. The fourth-order valence-electron chi connectivity index (χ4n) is 2.35. The number of esters is 1. The molecule has 19 heavy (non-hydrogen) atoms. The summed E-state index contributed by atoms with van der Waals surface area (Å²) < 4.78 is 4.80. The zero-order valence-corrected chi connectivity index (χ0v) is 13.4. The fourth-order valence-corrected chi connectivity index (χ4v) is 4.48. The molecule has 0 bridgehead atoms. The van der Waals surface area contributed by atoms with Crippen molar-refractivity contribution in [3.8, 4) is 0 Å². The quantitative estimate of drug-likeness (QED) is 0.687. The maximum Gasteiger partial charge on any atom is 0.350 e. The Morgan fingerprint density at radius 1 is 1.53 bits per heavy atom. The Labute approximate surface area is 122 Å². The van der Waals surface area contributed by atoms with Crippen LogP contribution in [0.3, 0.4) is 0 Å². The number of carbonyl (C=O) groups excluding carboxylic acids is 1. The number of rotatable bonds is 3. The van der Waals surface area contributed by atoms with Crippen LogP contribution in [0.5, 0.6) is 0 Å². The van der Waals surface area contributed by atoms with Crippen molar-refractivity contribution >= 4 is 39.8 Å². The third kappa shape index (κ3) is 2.69. The average molecular weight is 300 g/mol. The molecule has 106 valence electrons. The maximum absolute atomic E-state index is 11.7. The lowest BCUT2D eigenvalue weighted by atomic mass is 9.93. The second kappa shape index (κ2) is 5.25. The Kier molecular flexibility index (Phi) is 4.01. The van der Waals surface area contributed by atoms with Gasteiger partial charge in [-0.25, -0.2) is 4.79 Å². The van der Waals surface area contributed by atoms with Gasteiger partial charge in [0.2, 0.25) is 0 Å². The van der Waals surface area contributed by atoms with E-state index in [1.54, 1.807) is 11.8 Å². The Hall–Kier alpha value is -0.880. The Morgan fingerprint density at radius 2 is 2.21 bits per heavy atom. The van der Waals surface area contributed by atoms with Crippen LogP contribution < -0.4 is 10.6 Å². The summed E-state index contributed by atoms with van der Waals surface area (Å²) in [6, 6.07) is 0. The highest BCUT2D eigenvalue weighted by Gasteiger charge is 2.33. The molecular weight excluding hydrogens is 280 g/mol. The van der Waals surface area contributed by atoms with Crippen molar-refractivity contribution in [2.24, 2.45) is 5.41 Å². The molecule has 0 spiro atoms. The second-order valence-electron chi connectivity index (χ2n) is 5.51. The molecule has 1 aliphatic rings. The van der Waals surface area contributed by atoms with E-state index in [9.17, 15) is 4.79 Å². The summed E-state index contributed by atoms with van der Waals surface area (Å²) in [5.41, 5.74) is 6.97. The number of nitrogens with two attached hydrogens (primary N) is 1. The standard InChI is InChI=1S/C13H20N2O2S2/c1-13(2)5-6-15(7-13)11-9(18-4)8(14)10(19-11)12(16)17-3/h5-7,14H2,1-4H3. The van der Waals surface area contributed by atoms with Crippen LogP contribution >= 0.6 is 23.1 Å². The number of thioether (sulfide) groups is 1. The van der Waals surface area contributed by atoms with Crippen molar-refractivity contribution < 1.29 is 9.53 Å². The van der Waals surface area contributed by atoms with Crippen LogP contribution in [0.4, 0.5) is 10.7 Å². The van der Waals surface area contributed by atoms with E-state index in [0.717, 1.165) is 29.4 Å². The molecule has 0 unspecified atom stereocenters. The van der Waals surface area contributed by atoms with Crippen LogP contribution in [0.2, 0.25) is 0 Å². The largest absolute Gasteiger partial charge is 0.465 e. The Bertz CT molecular complexity index is 497. The van der Waals surface area contributed by atoms with Crippen molar-refractivity contribution in [1.82, 2.24) is 0 Å². The van der Waals surface area contributed by atoms with Gasteiger partial charge in [-0.15, -0.1) is 23.1 Å². The lowest BCUT2D eigenvalue weighted by molar-refractivity contribution is 0.0607. The molecule has 0 saturated carbocycles. The molecule has 1 aliphatic heterocycles. The first-order chi connectivity index (χ1) is 8.89. The van der Waals surface area contributed by atoms with Gasteiger partial charge in [0, 0.05) is 13.1 Å². The third-order valence-corrected chi connectivity index (χ3v) is 5.62. The molecule has 2 N–H and O–H groups in total. The number of hydrogen-bond donors (Lipinski definition) is 1. The minimum Gasteiger partial charge on any atom is -0.465 e. The number of hydrogen-bond acceptors (Lipinski definition) is 6. The summed E-state index contributed by atoms with van der Waals surface area (Å²) in [5, 5.41) is 1.11. The van der Waals surface area contributed by atoms with Gasteiger partial charge in [-0.1, -0.05) is 13.8 Å². The highest BCUT2D eigenvalue weighted by molar-refractivity contribution is 7.99. The van der Waals surface area contributed by atoms with Crippen LogP contribution in [-0.2, 0) is 4.74 Å². The number of nitrogen functional groups attached to an aromatic ring is 1. The maximum atomic E-state index is 11.7. The minimum atomic E-state index is -0.345. The van der Waals surface area contributed by atoms with Crippen LogP contribution in [0.25, 0.3) is 0 Å². The SMILES string of the molecule is COC(=O)c1sc(N2CCC(C)(C)C2)c(SC)c1N. The lowest BCUT2D eigenvalue weighted by Crippen LogP contribution is -2.22. The van der Waals surface area contributed by atoms with E-state index in [0.29, 0.717) is 16.0 Å². The zero-order valence-electron chi connectivity index (χ0n) is 11.8. The van der Waals surface area contributed by atoms with E-state index >= 15 is 0 Å². The summed E-state index contributed by atoms with van der Waals surface area (Å²) in [6.07, 6.45) is 3.15. The van der Waals surface area contributed by atoms with Crippen LogP contribution in [-0.4, -0.2) is 32.4 Å². The molecule has 0 atom stereocenters. The van der Waals surface area contributed by atoms with Crippen LogP contribution in [0.1, 0.15) is 29.9 Å². The molecule has 1 aromatic heterocycles. The summed E-state index contributed by atoms with van der Waals surface area (Å²) in [5.74, 6) is -0.345. The van der Waals surface area contributed by atoms with E-state index in [-0.39, 0.29) is 5.97 Å². The lowest BCUT2D eigenvalue weighted by Gasteiger charge is -2.21. The number of methoxy groups -OCH3 is 1. The van der Waals surface area contributed by atoms with Crippen molar-refractivity contribution in [3.63, 3.8) is 0 Å². The first-order valence-electron chi connectivity index (χ1n) is 6.19. The Morgan fingerprint density at radius 3 is 2.68 bits per heavy atom. The number of ether oxygens (including phenoxy) is 1. The summed E-state index contributed by atoms with van der Waals surface area (Å²) in [7, 11) is 1.39. The number of nitrogens with zero attached hydrogens (tertiary/aromatic N) is 1. The molecule has 1 fully saturated rings. The summed E-state index contributed by atoms with van der Waals surface area (Å²) in [4.78, 5) is 15.6. The van der Waals surface area contributed by atoms with Gasteiger partial charge in [0.25, 0.3) is 0 Å². The molecule has 0 aliphatic carbocycles. The molecule has 6 heteroatoms. The van der Waals surface area contributed by atoms with E-state index in [1.165, 1.54) is 18.4 Å². The van der Waals surface area contributed by atoms with Gasteiger partial charge in [-0.3, -0.25) is 0 Å². The van der Waals surface area contributed by atoms with E-state index in [1.807, 2.05) is 6.26 Å². The van der Waals surface area contributed by atoms with Gasteiger partial charge < -0.3 is 15.4 Å². The monoisotopic (exact) mass is 300 g/mol. The first kappa shape index (κ1) is 14.5. The van der Waals surface area contributed by atoms with Crippen molar-refractivity contribution in [2.75, 3.05) is 37.1 Å². The zero-order chi connectivity index (χ0) is 14.2. The highest BCUT2D eigenvalue weighted by atomic mass is 32.2. The molecule has 2 rings (SSSR count). The summed E-state index contributed by atoms with van der Waals surface area (Å²) >= 11 is 3.04. The smallest absolute Gasteiger partial charge is 0.350 e. The Balaban J connectivity index is 2.38. The highest BCUT2D eigenvalue weighted by Crippen LogP contribution is 2.46. The van der Waals surface area contributed by atoms with Gasteiger partial charge in [0.1, 0.15) is 9.88 Å². The third-order valence-electron chi connectivity index (χ3n) is 3.42. The molecule has 0 amide bonds.